The van der Waals surface area contributed by atoms with Gasteiger partial charge in [-0.2, -0.15) is 0 Å². The lowest BCUT2D eigenvalue weighted by Gasteiger charge is -2.27. The summed E-state index contributed by atoms with van der Waals surface area (Å²) in [4.78, 5) is 16.5. The molecule has 1 aliphatic heterocycles. The van der Waals surface area contributed by atoms with E-state index in [2.05, 4.69) is 18.7 Å². The first-order valence-electron chi connectivity index (χ1n) is 9.13. The number of carbonyl (C=O) groups excluding carboxylic acids is 1. The molecule has 1 atom stereocenters. The van der Waals surface area contributed by atoms with Crippen molar-refractivity contribution in [1.82, 2.24) is 9.80 Å². The van der Waals surface area contributed by atoms with Gasteiger partial charge in [0.05, 0.1) is 6.54 Å². The van der Waals surface area contributed by atoms with Crippen molar-refractivity contribution in [3.8, 4) is 0 Å². The molecule has 124 valence electrons. The molecule has 3 nitrogen and oxygen atoms in total. The Morgan fingerprint density at radius 1 is 1.05 bits per heavy atom. The SMILES string of the molecule is CCCCCCCCC[C@H](C)N(C)C(=O)CN1CCCC1. The second-order valence-corrected chi connectivity index (χ2v) is 6.75. The van der Waals surface area contributed by atoms with E-state index < -0.39 is 0 Å². The van der Waals surface area contributed by atoms with Crippen molar-refractivity contribution < 1.29 is 4.79 Å². The molecule has 0 unspecified atom stereocenters. The van der Waals surface area contributed by atoms with Crippen LogP contribution in [0.25, 0.3) is 0 Å². The van der Waals surface area contributed by atoms with Crippen molar-refractivity contribution in [3.05, 3.63) is 0 Å². The van der Waals surface area contributed by atoms with Crippen molar-refractivity contribution >= 4 is 5.91 Å². The third kappa shape index (κ3) is 7.85. The maximum Gasteiger partial charge on any atom is 0.236 e. The van der Waals surface area contributed by atoms with E-state index >= 15 is 0 Å². The summed E-state index contributed by atoms with van der Waals surface area (Å²) in [7, 11) is 1.98. The fraction of sp³-hybridized carbons (Fsp3) is 0.944. The van der Waals surface area contributed by atoms with Crippen LogP contribution >= 0.6 is 0 Å². The number of carbonyl (C=O) groups is 1. The molecule has 0 N–H and O–H groups in total. The van der Waals surface area contributed by atoms with E-state index in [0.29, 0.717) is 18.5 Å². The lowest BCUT2D eigenvalue weighted by molar-refractivity contribution is -0.132. The highest BCUT2D eigenvalue weighted by Gasteiger charge is 2.20. The Morgan fingerprint density at radius 3 is 2.24 bits per heavy atom. The molecule has 0 spiro atoms. The lowest BCUT2D eigenvalue weighted by atomic mass is 10.1. The van der Waals surface area contributed by atoms with Crippen LogP contribution in [0.15, 0.2) is 0 Å². The molecule has 0 saturated carbocycles. The monoisotopic (exact) mass is 296 g/mol. The van der Waals surface area contributed by atoms with E-state index in [1.165, 1.54) is 57.8 Å². The van der Waals surface area contributed by atoms with Crippen molar-refractivity contribution in [3.63, 3.8) is 0 Å². The first-order valence-corrected chi connectivity index (χ1v) is 9.13. The van der Waals surface area contributed by atoms with Gasteiger partial charge in [0.25, 0.3) is 0 Å². The van der Waals surface area contributed by atoms with Crippen LogP contribution in [0.2, 0.25) is 0 Å². The molecule has 0 aliphatic carbocycles. The minimum atomic E-state index is 0.298. The average Bonchev–Trinajstić information content (AvgIpc) is 2.98. The number of nitrogens with zero attached hydrogens (tertiary/aromatic N) is 2. The predicted molar refractivity (Wildman–Crippen MR) is 90.5 cm³/mol. The van der Waals surface area contributed by atoms with Gasteiger partial charge in [0.2, 0.25) is 5.91 Å². The van der Waals surface area contributed by atoms with E-state index in [1.54, 1.807) is 0 Å². The topological polar surface area (TPSA) is 23.6 Å². The molecule has 0 aromatic rings. The summed E-state index contributed by atoms with van der Waals surface area (Å²) in [5.74, 6) is 0.298. The fourth-order valence-corrected chi connectivity index (χ4v) is 3.08. The molecule has 1 rings (SSSR count). The van der Waals surface area contributed by atoms with Crippen LogP contribution in [-0.4, -0.2) is 48.4 Å². The van der Waals surface area contributed by atoms with Gasteiger partial charge < -0.3 is 4.90 Å². The molecular formula is C18H36N2O. The molecule has 1 amide bonds. The predicted octanol–water partition coefficient (Wildman–Crippen LogP) is 4.07. The van der Waals surface area contributed by atoms with Crippen LogP contribution in [-0.2, 0) is 4.79 Å². The normalized spacial score (nSPS) is 17.1. The van der Waals surface area contributed by atoms with Gasteiger partial charge >= 0.3 is 0 Å². The minimum Gasteiger partial charge on any atom is -0.342 e. The van der Waals surface area contributed by atoms with E-state index in [1.807, 2.05) is 11.9 Å². The van der Waals surface area contributed by atoms with Crippen LogP contribution in [0.5, 0.6) is 0 Å². The van der Waals surface area contributed by atoms with Gasteiger partial charge in [0, 0.05) is 13.1 Å². The molecule has 0 bridgehead atoms. The zero-order valence-corrected chi connectivity index (χ0v) is 14.6. The second kappa shape index (κ2) is 11.1. The number of hydrogen-bond donors (Lipinski definition) is 0. The Labute approximate surface area is 132 Å². The Bertz CT molecular complexity index is 274. The Morgan fingerprint density at radius 2 is 1.62 bits per heavy atom. The maximum absolute atomic E-state index is 12.2. The van der Waals surface area contributed by atoms with Crippen LogP contribution in [0.4, 0.5) is 0 Å². The highest BCUT2D eigenvalue weighted by Crippen LogP contribution is 2.13. The molecule has 1 fully saturated rings. The zero-order valence-electron chi connectivity index (χ0n) is 14.6. The number of rotatable bonds is 11. The highest BCUT2D eigenvalue weighted by molar-refractivity contribution is 5.78. The second-order valence-electron chi connectivity index (χ2n) is 6.75. The lowest BCUT2D eigenvalue weighted by Crippen LogP contribution is -2.41. The molecule has 0 radical (unpaired) electrons. The van der Waals surface area contributed by atoms with E-state index in [0.717, 1.165) is 19.5 Å². The molecule has 1 aliphatic rings. The average molecular weight is 296 g/mol. The first kappa shape index (κ1) is 18.5. The highest BCUT2D eigenvalue weighted by atomic mass is 16.2. The minimum absolute atomic E-state index is 0.298. The third-order valence-corrected chi connectivity index (χ3v) is 4.84. The van der Waals surface area contributed by atoms with E-state index in [4.69, 9.17) is 0 Å². The van der Waals surface area contributed by atoms with Crippen molar-refractivity contribution in [2.24, 2.45) is 0 Å². The third-order valence-electron chi connectivity index (χ3n) is 4.84. The van der Waals surface area contributed by atoms with Crippen molar-refractivity contribution in [2.45, 2.75) is 84.1 Å². The Hall–Kier alpha value is -0.570. The summed E-state index contributed by atoms with van der Waals surface area (Å²) in [6.07, 6.45) is 13.1. The Kier molecular flexibility index (Phi) is 9.73. The summed E-state index contributed by atoms with van der Waals surface area (Å²) in [5.41, 5.74) is 0. The van der Waals surface area contributed by atoms with Gasteiger partial charge in [-0.05, 0) is 39.3 Å². The number of likely N-dealkylation sites (N-methyl/N-ethyl adjacent to an activating group) is 1. The molecule has 0 aromatic carbocycles. The summed E-state index contributed by atoms with van der Waals surface area (Å²) in [5, 5.41) is 0. The van der Waals surface area contributed by atoms with Gasteiger partial charge in [-0.25, -0.2) is 0 Å². The number of hydrogen-bond acceptors (Lipinski definition) is 2. The number of unbranched alkanes of at least 4 members (excludes halogenated alkanes) is 6. The molecule has 0 aromatic heterocycles. The van der Waals surface area contributed by atoms with Crippen LogP contribution in [0.3, 0.4) is 0 Å². The molecule has 21 heavy (non-hydrogen) atoms. The molecule has 3 heteroatoms. The van der Waals surface area contributed by atoms with Crippen molar-refractivity contribution in [2.75, 3.05) is 26.7 Å². The maximum atomic E-state index is 12.2. The van der Waals surface area contributed by atoms with E-state index in [9.17, 15) is 4.79 Å². The van der Waals surface area contributed by atoms with Crippen molar-refractivity contribution in [1.29, 1.82) is 0 Å². The quantitative estimate of drug-likeness (QED) is 0.537. The van der Waals surface area contributed by atoms with E-state index in [-0.39, 0.29) is 0 Å². The zero-order chi connectivity index (χ0) is 15.5. The number of amides is 1. The first-order chi connectivity index (χ1) is 10.1. The van der Waals surface area contributed by atoms with Gasteiger partial charge in [0.1, 0.15) is 0 Å². The summed E-state index contributed by atoms with van der Waals surface area (Å²) in [6.45, 7) is 7.28. The Balaban J connectivity index is 2.06. The summed E-state index contributed by atoms with van der Waals surface area (Å²) in [6, 6.07) is 0.385. The standard InChI is InChI=1S/C18H36N2O/c1-4-5-6-7-8-9-10-13-17(2)19(3)18(21)16-20-14-11-12-15-20/h17H,4-16H2,1-3H3/t17-/m0/s1. The van der Waals surface area contributed by atoms with Gasteiger partial charge in [0.15, 0.2) is 0 Å². The summed E-state index contributed by atoms with van der Waals surface area (Å²) >= 11 is 0. The van der Waals surface area contributed by atoms with Gasteiger partial charge in [-0.15, -0.1) is 0 Å². The molecular weight excluding hydrogens is 260 g/mol. The summed E-state index contributed by atoms with van der Waals surface area (Å²) < 4.78 is 0. The van der Waals surface area contributed by atoms with Gasteiger partial charge in [-0.1, -0.05) is 51.9 Å². The molecule has 1 heterocycles. The van der Waals surface area contributed by atoms with Gasteiger partial charge in [-0.3, -0.25) is 9.69 Å². The number of likely N-dealkylation sites (tertiary alicyclic amines) is 1. The van der Waals surface area contributed by atoms with Crippen LogP contribution in [0.1, 0.15) is 78.1 Å². The van der Waals surface area contributed by atoms with Crippen LogP contribution in [0, 0.1) is 0 Å². The molecule has 1 saturated heterocycles. The largest absolute Gasteiger partial charge is 0.342 e. The van der Waals surface area contributed by atoms with Crippen LogP contribution < -0.4 is 0 Å². The fourth-order valence-electron chi connectivity index (χ4n) is 3.08. The smallest absolute Gasteiger partial charge is 0.236 e.